The third-order valence-electron chi connectivity index (χ3n) is 4.56. The molecule has 10 heteroatoms. The van der Waals surface area contributed by atoms with Gasteiger partial charge >= 0.3 is 0 Å². The van der Waals surface area contributed by atoms with Gasteiger partial charge in [-0.2, -0.15) is 9.61 Å². The second kappa shape index (κ2) is 7.56. The van der Waals surface area contributed by atoms with Gasteiger partial charge in [-0.1, -0.05) is 30.3 Å². The molecule has 0 unspecified atom stereocenters. The number of anilines is 1. The van der Waals surface area contributed by atoms with E-state index >= 15 is 0 Å². The molecule has 154 valence electrons. The van der Waals surface area contributed by atoms with E-state index in [0.717, 1.165) is 16.5 Å². The summed E-state index contributed by atoms with van der Waals surface area (Å²) in [5.74, 6) is -0.152. The van der Waals surface area contributed by atoms with Crippen molar-refractivity contribution >= 4 is 32.7 Å². The van der Waals surface area contributed by atoms with E-state index in [0.29, 0.717) is 22.9 Å². The molecule has 5 rings (SSSR count). The van der Waals surface area contributed by atoms with Crippen LogP contribution in [0.4, 0.5) is 10.1 Å². The largest absolute Gasteiger partial charge is 0.280 e. The van der Waals surface area contributed by atoms with E-state index in [1.165, 1.54) is 18.2 Å². The minimum atomic E-state index is -4.03. The number of halogens is 1. The van der Waals surface area contributed by atoms with E-state index in [-0.39, 0.29) is 0 Å². The highest BCUT2D eigenvalue weighted by Gasteiger charge is 2.18. The van der Waals surface area contributed by atoms with Gasteiger partial charge in [0.15, 0.2) is 11.5 Å². The summed E-state index contributed by atoms with van der Waals surface area (Å²) in [5, 5.41) is 15.0. The number of aromatic nitrogens is 4. The summed E-state index contributed by atoms with van der Waals surface area (Å²) in [4.78, 5) is 0.551. The Labute approximate surface area is 180 Å². The van der Waals surface area contributed by atoms with Crippen molar-refractivity contribution in [1.29, 1.82) is 0 Å². The van der Waals surface area contributed by atoms with E-state index in [9.17, 15) is 12.8 Å². The summed E-state index contributed by atoms with van der Waals surface area (Å²) < 4.78 is 42.9. The van der Waals surface area contributed by atoms with Gasteiger partial charge in [-0.3, -0.25) is 4.72 Å². The molecule has 0 atom stereocenters. The van der Waals surface area contributed by atoms with Crippen LogP contribution in [0.15, 0.2) is 83.1 Å². The van der Waals surface area contributed by atoms with Crippen LogP contribution < -0.4 is 4.72 Å². The number of rotatable bonds is 5. The highest BCUT2D eigenvalue weighted by molar-refractivity contribution is 7.92. The highest BCUT2D eigenvalue weighted by Crippen LogP contribution is 2.26. The maximum atomic E-state index is 13.9. The number of hydrogen-bond acceptors (Lipinski definition) is 6. The predicted octanol–water partition coefficient (Wildman–Crippen LogP) is 4.46. The summed E-state index contributed by atoms with van der Waals surface area (Å²) in [5.41, 5.74) is 2.40. The Kier molecular flexibility index (Phi) is 4.72. The van der Waals surface area contributed by atoms with E-state index < -0.39 is 20.7 Å². The topological polar surface area (TPSA) is 89.2 Å². The summed E-state index contributed by atoms with van der Waals surface area (Å²) in [6, 6.07) is 19.4. The average molecular weight is 452 g/mol. The number of thiophene rings is 1. The molecular formula is C21H14FN5O2S2. The monoisotopic (exact) mass is 451 g/mol. The molecule has 2 aromatic carbocycles. The molecule has 0 aliphatic rings. The van der Waals surface area contributed by atoms with Crippen LogP contribution in [0.3, 0.4) is 0 Å². The van der Waals surface area contributed by atoms with Crippen molar-refractivity contribution in [2.75, 3.05) is 4.72 Å². The molecule has 0 amide bonds. The van der Waals surface area contributed by atoms with Crippen molar-refractivity contribution in [1.82, 2.24) is 19.8 Å². The number of sulfonamides is 1. The first-order chi connectivity index (χ1) is 15.0. The number of benzene rings is 2. The lowest BCUT2D eigenvalue weighted by Gasteiger charge is -2.09. The van der Waals surface area contributed by atoms with Crippen molar-refractivity contribution < 1.29 is 12.8 Å². The average Bonchev–Trinajstić information content (AvgIpc) is 3.43. The third kappa shape index (κ3) is 3.66. The number of nitrogens with zero attached hydrogens (tertiary/aromatic N) is 4. The van der Waals surface area contributed by atoms with Crippen LogP contribution in [0, 0.1) is 5.82 Å². The molecule has 31 heavy (non-hydrogen) atoms. The summed E-state index contributed by atoms with van der Waals surface area (Å²) in [7, 11) is -4.03. The summed E-state index contributed by atoms with van der Waals surface area (Å²) >= 11 is 1.55. The fourth-order valence-corrected chi connectivity index (χ4v) is 4.92. The zero-order valence-electron chi connectivity index (χ0n) is 15.8. The zero-order valence-corrected chi connectivity index (χ0v) is 17.4. The number of nitrogens with one attached hydrogen (secondary N) is 1. The van der Waals surface area contributed by atoms with E-state index in [1.807, 2.05) is 29.6 Å². The predicted molar refractivity (Wildman–Crippen MR) is 117 cm³/mol. The van der Waals surface area contributed by atoms with Gasteiger partial charge in [0, 0.05) is 11.3 Å². The van der Waals surface area contributed by atoms with Gasteiger partial charge in [0.25, 0.3) is 10.0 Å². The van der Waals surface area contributed by atoms with Crippen LogP contribution in [0.5, 0.6) is 0 Å². The van der Waals surface area contributed by atoms with Crippen molar-refractivity contribution in [3.05, 3.63) is 84.0 Å². The third-order valence-corrected chi connectivity index (χ3v) is 6.84. The molecule has 0 saturated heterocycles. The fraction of sp³-hybridized carbons (Fsp3) is 0. The Morgan fingerprint density at radius 2 is 1.71 bits per heavy atom. The zero-order chi connectivity index (χ0) is 21.4. The van der Waals surface area contributed by atoms with Crippen molar-refractivity contribution in [2.24, 2.45) is 0 Å². The number of hydrogen-bond donors (Lipinski definition) is 1. The standard InChI is InChI=1S/C21H14FN5O2S2/c22-16-4-1-2-6-19(16)31(28,29)26-15-9-7-14(8-10-15)17-11-12-20-23-24-21(27(20)25-17)18-5-3-13-30-18/h1-13,26H. The van der Waals surface area contributed by atoms with Crippen molar-refractivity contribution in [3.63, 3.8) is 0 Å². The first-order valence-corrected chi connectivity index (χ1v) is 11.5. The van der Waals surface area contributed by atoms with E-state index in [4.69, 9.17) is 0 Å². The highest BCUT2D eigenvalue weighted by atomic mass is 32.2. The van der Waals surface area contributed by atoms with Gasteiger partial charge in [-0.05, 0) is 47.8 Å². The maximum Gasteiger partial charge on any atom is 0.264 e. The summed E-state index contributed by atoms with van der Waals surface area (Å²) in [6.07, 6.45) is 0. The van der Waals surface area contributed by atoms with Crippen molar-refractivity contribution in [3.8, 4) is 22.0 Å². The van der Waals surface area contributed by atoms with E-state index in [1.54, 1.807) is 40.1 Å². The molecule has 3 heterocycles. The van der Waals surface area contributed by atoms with Gasteiger partial charge in [-0.25, -0.2) is 12.8 Å². The van der Waals surface area contributed by atoms with Crippen LogP contribution in [0.2, 0.25) is 0 Å². The van der Waals surface area contributed by atoms with Crippen LogP contribution in [-0.2, 0) is 10.0 Å². The van der Waals surface area contributed by atoms with Gasteiger partial charge < -0.3 is 0 Å². The van der Waals surface area contributed by atoms with Gasteiger partial charge in [0.05, 0.1) is 10.6 Å². The molecular weight excluding hydrogens is 437 g/mol. The van der Waals surface area contributed by atoms with Crippen LogP contribution >= 0.6 is 11.3 Å². The minimum absolute atomic E-state index is 0.316. The lowest BCUT2D eigenvalue weighted by molar-refractivity contribution is 0.570. The molecule has 0 radical (unpaired) electrons. The smallest absolute Gasteiger partial charge is 0.264 e. The SMILES string of the molecule is O=S(=O)(Nc1ccc(-c2ccc3nnc(-c4cccs4)n3n2)cc1)c1ccccc1F. The Morgan fingerprint density at radius 1 is 0.903 bits per heavy atom. The molecule has 1 N–H and O–H groups in total. The van der Waals surface area contributed by atoms with Gasteiger partial charge in [0.1, 0.15) is 10.7 Å². The molecule has 5 aromatic rings. The molecule has 0 aliphatic carbocycles. The van der Waals surface area contributed by atoms with E-state index in [2.05, 4.69) is 20.0 Å². The molecule has 0 bridgehead atoms. The molecule has 0 aliphatic heterocycles. The first-order valence-electron chi connectivity index (χ1n) is 9.15. The Hall–Kier alpha value is -3.63. The van der Waals surface area contributed by atoms with Crippen LogP contribution in [-0.4, -0.2) is 28.2 Å². The molecule has 7 nitrogen and oxygen atoms in total. The summed E-state index contributed by atoms with van der Waals surface area (Å²) in [6.45, 7) is 0. The minimum Gasteiger partial charge on any atom is -0.280 e. The fourth-order valence-electron chi connectivity index (χ4n) is 3.08. The molecule has 0 spiro atoms. The molecule has 0 saturated carbocycles. The van der Waals surface area contributed by atoms with Crippen molar-refractivity contribution in [2.45, 2.75) is 4.90 Å². The lowest BCUT2D eigenvalue weighted by Crippen LogP contribution is -2.14. The van der Waals surface area contributed by atoms with Gasteiger partial charge in [-0.15, -0.1) is 21.5 Å². The Balaban J connectivity index is 1.44. The van der Waals surface area contributed by atoms with Gasteiger partial charge in [0.2, 0.25) is 0 Å². The number of fused-ring (bicyclic) bond motifs is 1. The second-order valence-electron chi connectivity index (χ2n) is 6.60. The Bertz CT molecular complexity index is 1480. The van der Waals surface area contributed by atoms with Crippen LogP contribution in [0.1, 0.15) is 0 Å². The lowest BCUT2D eigenvalue weighted by atomic mass is 10.1. The normalized spacial score (nSPS) is 11.6. The maximum absolute atomic E-state index is 13.9. The molecule has 0 fully saturated rings. The molecule has 3 aromatic heterocycles. The first kappa shape index (κ1) is 19.3. The second-order valence-corrected chi connectivity index (χ2v) is 9.20. The quantitative estimate of drug-likeness (QED) is 0.426. The Morgan fingerprint density at radius 3 is 2.45 bits per heavy atom. The van der Waals surface area contributed by atoms with Crippen LogP contribution in [0.25, 0.3) is 27.6 Å².